The number of nitriles is 1. The van der Waals surface area contributed by atoms with E-state index in [-0.39, 0.29) is 16.5 Å². The zero-order valence-electron chi connectivity index (χ0n) is 22.0. The summed E-state index contributed by atoms with van der Waals surface area (Å²) in [5, 5.41) is 22.1. The van der Waals surface area contributed by atoms with Gasteiger partial charge in [0.25, 0.3) is 15.9 Å². The maximum Gasteiger partial charge on any atom is 0.268 e. The molecule has 1 aliphatic heterocycles. The van der Waals surface area contributed by atoms with Crippen LogP contribution in [-0.4, -0.2) is 54.6 Å². The molecule has 39 heavy (non-hydrogen) atoms. The van der Waals surface area contributed by atoms with Crippen molar-refractivity contribution in [1.29, 1.82) is 5.26 Å². The van der Waals surface area contributed by atoms with E-state index >= 15 is 0 Å². The molecule has 1 fully saturated rings. The van der Waals surface area contributed by atoms with Gasteiger partial charge in [0.2, 0.25) is 0 Å². The van der Waals surface area contributed by atoms with Crippen molar-refractivity contribution in [3.63, 3.8) is 0 Å². The number of aliphatic hydroxyl groups is 1. The van der Waals surface area contributed by atoms with Crippen LogP contribution in [0.5, 0.6) is 0 Å². The number of amides is 1. The molecular weight excluding hydrogens is 514 g/mol. The van der Waals surface area contributed by atoms with Crippen LogP contribution in [0.3, 0.4) is 0 Å². The molecule has 5 rings (SSSR count). The zero-order valence-corrected chi connectivity index (χ0v) is 22.8. The summed E-state index contributed by atoms with van der Waals surface area (Å²) in [5.41, 5.74) is 3.70. The van der Waals surface area contributed by atoms with Crippen molar-refractivity contribution in [3.8, 4) is 6.07 Å². The number of aryl methyl sites for hydroxylation is 2. The topological polar surface area (TPSA) is 113 Å². The van der Waals surface area contributed by atoms with Gasteiger partial charge in [-0.1, -0.05) is 24.3 Å². The molecule has 1 amide bonds. The number of aliphatic hydroxyl groups excluding tert-OH is 1. The highest BCUT2D eigenvalue weighted by atomic mass is 32.2. The Labute approximate surface area is 227 Å². The number of nitrogens with zero attached hydrogens (tertiary/aromatic N) is 3. The lowest BCUT2D eigenvalue weighted by atomic mass is 9.91. The lowest BCUT2D eigenvalue weighted by molar-refractivity contribution is 0.0302. The van der Waals surface area contributed by atoms with Crippen LogP contribution in [0.25, 0.3) is 10.9 Å². The first-order valence-electron chi connectivity index (χ1n) is 12.7. The van der Waals surface area contributed by atoms with E-state index in [2.05, 4.69) is 6.07 Å². The van der Waals surface area contributed by atoms with Crippen LogP contribution in [0, 0.1) is 32.1 Å². The number of carbonyl (C=O) groups excluding carboxylic acids is 1. The minimum Gasteiger partial charge on any atom is -0.382 e. The van der Waals surface area contributed by atoms with E-state index in [0.29, 0.717) is 65.0 Å². The van der Waals surface area contributed by atoms with Crippen LogP contribution in [0.1, 0.15) is 50.0 Å². The van der Waals surface area contributed by atoms with Crippen LogP contribution >= 0.6 is 0 Å². The average molecular weight is 544 g/mol. The lowest BCUT2D eigenvalue weighted by Gasteiger charge is -2.28. The molecule has 1 aliphatic rings. The van der Waals surface area contributed by atoms with E-state index in [1.54, 1.807) is 61.2 Å². The molecule has 8 nitrogen and oxygen atoms in total. The number of ether oxygens (including phenoxy) is 1. The maximum atomic E-state index is 14.0. The van der Waals surface area contributed by atoms with Crippen LogP contribution in [0.4, 0.5) is 0 Å². The fourth-order valence-corrected chi connectivity index (χ4v) is 6.85. The Morgan fingerprint density at radius 1 is 1.00 bits per heavy atom. The summed E-state index contributed by atoms with van der Waals surface area (Å²) in [6.45, 7) is 7.30. The van der Waals surface area contributed by atoms with Gasteiger partial charge in [-0.25, -0.2) is 12.4 Å². The molecule has 2 heterocycles. The van der Waals surface area contributed by atoms with Gasteiger partial charge >= 0.3 is 0 Å². The molecule has 200 valence electrons. The fourth-order valence-electron chi connectivity index (χ4n) is 5.30. The second kappa shape index (κ2) is 10.3. The Hall–Kier alpha value is -3.97. The summed E-state index contributed by atoms with van der Waals surface area (Å²) in [7, 11) is -4.16. The highest BCUT2D eigenvalue weighted by Crippen LogP contribution is 2.37. The summed E-state index contributed by atoms with van der Waals surface area (Å²) >= 11 is 0. The van der Waals surface area contributed by atoms with Gasteiger partial charge < -0.3 is 14.7 Å². The zero-order chi connectivity index (χ0) is 27.9. The first-order chi connectivity index (χ1) is 18.6. The molecule has 1 N–H and O–H groups in total. The number of aromatic nitrogens is 1. The van der Waals surface area contributed by atoms with Crippen LogP contribution < -0.4 is 0 Å². The quantitative estimate of drug-likeness (QED) is 0.403. The summed E-state index contributed by atoms with van der Waals surface area (Å²) in [6.07, 6.45) is -1.36. The van der Waals surface area contributed by atoms with E-state index in [1.807, 2.05) is 6.92 Å². The number of morpholine rings is 1. The van der Waals surface area contributed by atoms with Gasteiger partial charge in [-0.3, -0.25) is 4.79 Å². The molecule has 4 aromatic rings. The molecule has 1 aromatic heterocycles. The van der Waals surface area contributed by atoms with Crippen LogP contribution in [-0.2, 0) is 14.8 Å². The predicted octanol–water partition coefficient (Wildman–Crippen LogP) is 4.23. The Bertz CT molecular complexity index is 1730. The Kier molecular flexibility index (Phi) is 7.03. The van der Waals surface area contributed by atoms with E-state index < -0.39 is 16.1 Å². The van der Waals surface area contributed by atoms with Crippen molar-refractivity contribution >= 4 is 26.8 Å². The van der Waals surface area contributed by atoms with E-state index in [4.69, 9.17) is 4.74 Å². The number of fused-ring (bicyclic) bond motifs is 1. The highest BCUT2D eigenvalue weighted by Gasteiger charge is 2.31. The fraction of sp³-hybridized carbons (Fsp3) is 0.267. The summed E-state index contributed by atoms with van der Waals surface area (Å²) in [6, 6.07) is 18.5. The largest absolute Gasteiger partial charge is 0.382 e. The molecule has 3 aromatic carbocycles. The molecule has 0 spiro atoms. The van der Waals surface area contributed by atoms with Crippen molar-refractivity contribution in [1.82, 2.24) is 8.87 Å². The smallest absolute Gasteiger partial charge is 0.268 e. The normalized spacial score (nSPS) is 14.8. The maximum absolute atomic E-state index is 14.0. The van der Waals surface area contributed by atoms with Gasteiger partial charge in [0.05, 0.1) is 41.0 Å². The van der Waals surface area contributed by atoms with Crippen molar-refractivity contribution < 1.29 is 23.1 Å². The first-order valence-corrected chi connectivity index (χ1v) is 14.1. The molecule has 0 saturated carbocycles. The monoisotopic (exact) mass is 543 g/mol. The van der Waals surface area contributed by atoms with E-state index in [9.17, 15) is 23.6 Å². The highest BCUT2D eigenvalue weighted by molar-refractivity contribution is 7.90. The van der Waals surface area contributed by atoms with Gasteiger partial charge in [0, 0.05) is 24.0 Å². The van der Waals surface area contributed by atoms with Gasteiger partial charge in [0.15, 0.2) is 0 Å². The van der Waals surface area contributed by atoms with Crippen molar-refractivity contribution in [2.45, 2.75) is 31.8 Å². The lowest BCUT2D eigenvalue weighted by Crippen LogP contribution is -2.41. The molecule has 1 saturated heterocycles. The third-order valence-electron chi connectivity index (χ3n) is 7.34. The number of hydrogen-bond donors (Lipinski definition) is 1. The first kappa shape index (κ1) is 26.6. The minimum atomic E-state index is -4.16. The molecule has 0 aliphatic carbocycles. The van der Waals surface area contributed by atoms with Gasteiger partial charge in [-0.05, 0) is 79.4 Å². The molecule has 9 heteroatoms. The van der Waals surface area contributed by atoms with Gasteiger partial charge in [-0.2, -0.15) is 5.26 Å². The van der Waals surface area contributed by atoms with Crippen molar-refractivity contribution in [3.05, 3.63) is 99.7 Å². The van der Waals surface area contributed by atoms with Gasteiger partial charge in [0.1, 0.15) is 6.10 Å². The van der Waals surface area contributed by atoms with Crippen LogP contribution in [0.15, 0.2) is 65.6 Å². The summed E-state index contributed by atoms with van der Waals surface area (Å²) in [5.74, 6) is -0.156. The van der Waals surface area contributed by atoms with E-state index in [0.717, 1.165) is 9.54 Å². The Morgan fingerprint density at radius 3 is 2.36 bits per heavy atom. The van der Waals surface area contributed by atoms with Crippen molar-refractivity contribution in [2.75, 3.05) is 26.3 Å². The third-order valence-corrected chi connectivity index (χ3v) is 9.09. The standard InChI is InChI=1S/C30H29N3O5S/c1-19-9-10-24(30(35)32-11-13-38-14-12-32)21(3)28(19)29(34)27-17-25-20(2)15-22(18-31)16-26(25)33(27)39(36,37)23-7-5-4-6-8-23/h4-10,15-17,29,34H,11-14H2,1-3H3. The summed E-state index contributed by atoms with van der Waals surface area (Å²) < 4.78 is 34.6. The Balaban J connectivity index is 1.73. The van der Waals surface area contributed by atoms with E-state index in [1.165, 1.54) is 18.2 Å². The molecular formula is C30H29N3O5S. The molecule has 0 radical (unpaired) electrons. The van der Waals surface area contributed by atoms with Crippen molar-refractivity contribution in [2.24, 2.45) is 0 Å². The molecule has 0 bridgehead atoms. The van der Waals surface area contributed by atoms with Crippen LogP contribution in [0.2, 0.25) is 0 Å². The second-order valence-corrected chi connectivity index (χ2v) is 11.6. The average Bonchev–Trinajstić information content (AvgIpc) is 3.35. The molecule has 1 unspecified atom stereocenters. The number of rotatable bonds is 5. The minimum absolute atomic E-state index is 0.0562. The number of hydrogen-bond acceptors (Lipinski definition) is 6. The SMILES string of the molecule is Cc1ccc(C(=O)N2CCOCC2)c(C)c1C(O)c1cc2c(C)cc(C#N)cc2n1S(=O)(=O)c1ccccc1. The third kappa shape index (κ3) is 4.61. The van der Waals surface area contributed by atoms with Gasteiger partial charge in [-0.15, -0.1) is 0 Å². The molecule has 1 atom stereocenters. The number of carbonyl (C=O) groups is 1. The second-order valence-electron chi connectivity index (χ2n) is 9.77. The summed E-state index contributed by atoms with van der Waals surface area (Å²) in [4.78, 5) is 15.1. The Morgan fingerprint density at radius 2 is 1.69 bits per heavy atom. The predicted molar refractivity (Wildman–Crippen MR) is 147 cm³/mol. The number of benzene rings is 3.